The Balaban J connectivity index is 1.84. The maximum Gasteiger partial charge on any atom is 0.157 e. The Hall–Kier alpha value is -0.970. The molecule has 1 aliphatic rings. The lowest BCUT2D eigenvalue weighted by Gasteiger charge is -2.25. The van der Waals surface area contributed by atoms with Gasteiger partial charge in [0, 0.05) is 23.7 Å². The Bertz CT molecular complexity index is 368. The zero-order valence-electron chi connectivity index (χ0n) is 10.5. The number of hydrogen-bond acceptors (Lipinski definition) is 3. The van der Waals surface area contributed by atoms with Gasteiger partial charge in [-0.25, -0.2) is 0 Å². The summed E-state index contributed by atoms with van der Waals surface area (Å²) in [6.07, 6.45) is 6.09. The largest absolute Gasteiger partial charge is 0.359 e. The number of amidine groups is 1. The van der Waals surface area contributed by atoms with Crippen LogP contribution >= 0.6 is 11.8 Å². The van der Waals surface area contributed by atoms with Gasteiger partial charge < -0.3 is 5.32 Å². The van der Waals surface area contributed by atoms with Gasteiger partial charge in [-0.3, -0.25) is 9.67 Å². The Morgan fingerprint density at radius 2 is 2.35 bits per heavy atom. The Kier molecular flexibility index (Phi) is 4.10. The normalized spacial score (nSPS) is 20.7. The summed E-state index contributed by atoms with van der Waals surface area (Å²) in [6.45, 7) is 6.12. The second-order valence-electron chi connectivity index (χ2n) is 4.36. The minimum atomic E-state index is 0.273. The fraction of sp³-hybridized carbons (Fsp3) is 0.667. The molecule has 0 atom stereocenters. The first-order valence-corrected chi connectivity index (χ1v) is 7.19. The van der Waals surface area contributed by atoms with Crippen LogP contribution in [-0.4, -0.2) is 32.8 Å². The molecule has 17 heavy (non-hydrogen) atoms. The highest BCUT2D eigenvalue weighted by atomic mass is 32.2. The van der Waals surface area contributed by atoms with Crippen LogP contribution in [0.25, 0.3) is 0 Å². The predicted octanol–water partition coefficient (Wildman–Crippen LogP) is 2.13. The molecule has 0 aromatic carbocycles. The van der Waals surface area contributed by atoms with Crippen LogP contribution in [0.3, 0.4) is 0 Å². The van der Waals surface area contributed by atoms with Gasteiger partial charge >= 0.3 is 0 Å². The maximum atomic E-state index is 4.60. The molecular formula is C12H20N4S. The van der Waals surface area contributed by atoms with Crippen LogP contribution in [0.4, 0.5) is 0 Å². The van der Waals surface area contributed by atoms with Crippen LogP contribution in [0.15, 0.2) is 23.5 Å². The van der Waals surface area contributed by atoms with E-state index in [0.717, 1.165) is 36.9 Å². The zero-order chi connectivity index (χ0) is 12.1. The highest BCUT2D eigenvalue weighted by Gasteiger charge is 2.33. The zero-order valence-corrected chi connectivity index (χ0v) is 11.3. The van der Waals surface area contributed by atoms with Gasteiger partial charge in [-0.2, -0.15) is 5.10 Å². The van der Waals surface area contributed by atoms with Gasteiger partial charge in [0.25, 0.3) is 0 Å². The molecule has 0 radical (unpaired) electrons. The van der Waals surface area contributed by atoms with Gasteiger partial charge in [-0.1, -0.05) is 25.6 Å². The molecule has 1 N–H and O–H groups in total. The molecule has 4 nitrogen and oxygen atoms in total. The van der Waals surface area contributed by atoms with Crippen molar-refractivity contribution in [3.05, 3.63) is 18.5 Å². The number of aromatic nitrogens is 2. The molecule has 1 aromatic heterocycles. The van der Waals surface area contributed by atoms with Crippen molar-refractivity contribution in [3.63, 3.8) is 0 Å². The van der Waals surface area contributed by atoms with Gasteiger partial charge in [0.05, 0.1) is 13.1 Å². The molecule has 0 unspecified atom stereocenters. The molecule has 0 spiro atoms. The van der Waals surface area contributed by atoms with E-state index < -0.39 is 0 Å². The molecule has 2 rings (SSSR count). The monoisotopic (exact) mass is 252 g/mol. The van der Waals surface area contributed by atoms with E-state index in [1.807, 2.05) is 28.7 Å². The minimum absolute atomic E-state index is 0.273. The summed E-state index contributed by atoms with van der Waals surface area (Å²) < 4.78 is 1.91. The predicted molar refractivity (Wildman–Crippen MR) is 73.4 cm³/mol. The third-order valence-electron chi connectivity index (χ3n) is 3.35. The van der Waals surface area contributed by atoms with E-state index in [9.17, 15) is 0 Å². The summed E-state index contributed by atoms with van der Waals surface area (Å²) in [5.41, 5.74) is 0.273. The Labute approximate surface area is 107 Å². The van der Waals surface area contributed by atoms with Crippen molar-refractivity contribution in [1.29, 1.82) is 0 Å². The van der Waals surface area contributed by atoms with E-state index in [4.69, 9.17) is 0 Å². The average molecular weight is 252 g/mol. The molecule has 1 aromatic rings. The molecule has 0 amide bonds. The second-order valence-corrected chi connectivity index (χ2v) is 5.32. The summed E-state index contributed by atoms with van der Waals surface area (Å²) in [4.78, 5) is 4.60. The van der Waals surface area contributed by atoms with Gasteiger partial charge in [-0.05, 0) is 18.9 Å². The Morgan fingerprint density at radius 1 is 1.53 bits per heavy atom. The number of hydrogen-bond donors (Lipinski definition) is 1. The first-order valence-electron chi connectivity index (χ1n) is 6.21. The maximum absolute atomic E-state index is 4.60. The van der Waals surface area contributed by atoms with Gasteiger partial charge in [-0.15, -0.1) is 0 Å². The van der Waals surface area contributed by atoms with E-state index in [2.05, 4.69) is 29.3 Å². The minimum Gasteiger partial charge on any atom is -0.359 e. The molecule has 0 aliphatic carbocycles. The summed E-state index contributed by atoms with van der Waals surface area (Å²) in [5.74, 6) is 1.14. The summed E-state index contributed by atoms with van der Waals surface area (Å²) >= 11 is 1.84. The summed E-state index contributed by atoms with van der Waals surface area (Å²) in [5, 5.41) is 8.83. The molecule has 1 aliphatic heterocycles. The van der Waals surface area contributed by atoms with Crippen molar-refractivity contribution in [2.45, 2.75) is 38.8 Å². The molecular weight excluding hydrogens is 232 g/mol. The van der Waals surface area contributed by atoms with Crippen LogP contribution in [0.5, 0.6) is 0 Å². The van der Waals surface area contributed by atoms with Crippen molar-refractivity contribution in [3.8, 4) is 0 Å². The average Bonchev–Trinajstić information content (AvgIpc) is 2.99. The van der Waals surface area contributed by atoms with Crippen LogP contribution in [0.1, 0.15) is 26.7 Å². The fourth-order valence-corrected chi connectivity index (χ4v) is 3.27. The fourth-order valence-electron chi connectivity index (χ4n) is 1.91. The van der Waals surface area contributed by atoms with Crippen LogP contribution in [0.2, 0.25) is 0 Å². The number of nitrogens with one attached hydrogen (secondary N) is 1. The SMILES string of the molecule is CCC1(CC)CSC(=NCCn2cccn2)N1. The van der Waals surface area contributed by atoms with Gasteiger partial charge in [0.2, 0.25) is 0 Å². The smallest absolute Gasteiger partial charge is 0.157 e. The number of aliphatic imine (C=N–C) groups is 1. The van der Waals surface area contributed by atoms with E-state index in [0.29, 0.717) is 0 Å². The number of rotatable bonds is 5. The van der Waals surface area contributed by atoms with Crippen molar-refractivity contribution < 1.29 is 0 Å². The Morgan fingerprint density at radius 3 is 2.94 bits per heavy atom. The number of thioether (sulfide) groups is 1. The van der Waals surface area contributed by atoms with E-state index in [1.165, 1.54) is 0 Å². The standard InChI is InChI=1S/C12H20N4S/c1-3-12(4-2)10-17-11(15-12)13-7-9-16-8-5-6-14-16/h5-6,8H,3-4,7,9-10H2,1-2H3,(H,13,15). The van der Waals surface area contributed by atoms with Crippen LogP contribution < -0.4 is 5.32 Å². The second kappa shape index (κ2) is 5.58. The topological polar surface area (TPSA) is 42.2 Å². The first kappa shape index (κ1) is 12.5. The lowest BCUT2D eigenvalue weighted by molar-refractivity contribution is 0.407. The molecule has 1 saturated heterocycles. The third-order valence-corrected chi connectivity index (χ3v) is 4.56. The van der Waals surface area contributed by atoms with Crippen LogP contribution in [0, 0.1) is 0 Å². The van der Waals surface area contributed by atoms with E-state index in [1.54, 1.807) is 6.20 Å². The van der Waals surface area contributed by atoms with Gasteiger partial charge in [0.15, 0.2) is 5.17 Å². The molecule has 5 heteroatoms. The van der Waals surface area contributed by atoms with Crippen molar-refractivity contribution in [2.75, 3.05) is 12.3 Å². The lowest BCUT2D eigenvalue weighted by atomic mass is 9.96. The third kappa shape index (κ3) is 3.03. The highest BCUT2D eigenvalue weighted by molar-refractivity contribution is 8.14. The molecule has 2 heterocycles. The molecule has 94 valence electrons. The lowest BCUT2D eigenvalue weighted by Crippen LogP contribution is -2.42. The van der Waals surface area contributed by atoms with E-state index >= 15 is 0 Å². The van der Waals surface area contributed by atoms with Crippen molar-refractivity contribution in [2.24, 2.45) is 4.99 Å². The van der Waals surface area contributed by atoms with Gasteiger partial charge in [0.1, 0.15) is 0 Å². The van der Waals surface area contributed by atoms with Crippen molar-refractivity contribution >= 4 is 16.9 Å². The molecule has 0 saturated carbocycles. The summed E-state index contributed by atoms with van der Waals surface area (Å²) in [6, 6.07) is 1.94. The quantitative estimate of drug-likeness (QED) is 0.873. The van der Waals surface area contributed by atoms with Crippen molar-refractivity contribution in [1.82, 2.24) is 15.1 Å². The molecule has 0 bridgehead atoms. The van der Waals surface area contributed by atoms with Crippen LogP contribution in [-0.2, 0) is 6.54 Å². The van der Waals surface area contributed by atoms with E-state index in [-0.39, 0.29) is 5.54 Å². The summed E-state index contributed by atoms with van der Waals surface area (Å²) in [7, 11) is 0. The first-order chi connectivity index (χ1) is 8.28. The number of nitrogens with zero attached hydrogens (tertiary/aromatic N) is 3. The highest BCUT2D eigenvalue weighted by Crippen LogP contribution is 2.28. The molecule has 1 fully saturated rings.